The van der Waals surface area contributed by atoms with Gasteiger partial charge in [0, 0.05) is 45.1 Å². The number of hydrogen-bond acceptors (Lipinski definition) is 4. The number of carbonyl (C=O) groups excluding carboxylic acids is 1. The molecular weight excluding hydrogens is 304 g/mol. The second kappa shape index (κ2) is 6.55. The number of amides is 1. The summed E-state index contributed by atoms with van der Waals surface area (Å²) < 4.78 is 31.5. The van der Waals surface area contributed by atoms with Crippen LogP contribution in [0, 0.1) is 12.8 Å². The van der Waals surface area contributed by atoms with Crippen LogP contribution in [0.1, 0.15) is 37.1 Å². The van der Waals surface area contributed by atoms with Crippen molar-refractivity contribution in [1.82, 2.24) is 15.0 Å². The molecule has 23 heavy (non-hydrogen) atoms. The number of likely N-dealkylation sites (tertiary alicyclic amines) is 2. The first kappa shape index (κ1) is 16.4. The summed E-state index contributed by atoms with van der Waals surface area (Å²) in [6, 6.07) is 1.90. The zero-order valence-electron chi connectivity index (χ0n) is 13.4. The molecule has 1 amide bonds. The van der Waals surface area contributed by atoms with E-state index in [2.05, 4.69) is 10.1 Å². The van der Waals surface area contributed by atoms with Crippen molar-refractivity contribution in [3.8, 4) is 0 Å². The summed E-state index contributed by atoms with van der Waals surface area (Å²) in [5.41, 5.74) is 0.869. The molecular formula is C16H23F2N3O2. The highest BCUT2D eigenvalue weighted by molar-refractivity contribution is 5.79. The van der Waals surface area contributed by atoms with Gasteiger partial charge in [-0.3, -0.25) is 9.69 Å². The number of aryl methyl sites for hydroxylation is 1. The van der Waals surface area contributed by atoms with Gasteiger partial charge in [0.2, 0.25) is 5.91 Å². The van der Waals surface area contributed by atoms with E-state index in [1.165, 1.54) is 0 Å². The average Bonchev–Trinajstić information content (AvgIpc) is 2.92. The summed E-state index contributed by atoms with van der Waals surface area (Å²) in [5.74, 6) is -1.90. The molecule has 0 N–H and O–H groups in total. The zero-order valence-corrected chi connectivity index (χ0v) is 13.4. The monoisotopic (exact) mass is 327 g/mol. The van der Waals surface area contributed by atoms with E-state index in [1.807, 2.05) is 13.0 Å². The number of alkyl halides is 2. The molecule has 1 aromatic heterocycles. The molecule has 5 nitrogen and oxygen atoms in total. The Morgan fingerprint density at radius 2 is 2.13 bits per heavy atom. The lowest BCUT2D eigenvalue weighted by Gasteiger charge is -2.37. The summed E-state index contributed by atoms with van der Waals surface area (Å²) in [6.07, 6.45) is 1.35. The molecule has 128 valence electrons. The first-order chi connectivity index (χ1) is 10.9. The van der Waals surface area contributed by atoms with Crippen LogP contribution in [0.25, 0.3) is 0 Å². The Kier molecular flexibility index (Phi) is 4.66. The molecule has 2 saturated heterocycles. The maximum absolute atomic E-state index is 13.2. The highest BCUT2D eigenvalue weighted by Crippen LogP contribution is 2.29. The molecule has 1 unspecified atom stereocenters. The fourth-order valence-corrected chi connectivity index (χ4v) is 3.43. The predicted octanol–water partition coefficient (Wildman–Crippen LogP) is 2.45. The van der Waals surface area contributed by atoms with Gasteiger partial charge in [-0.15, -0.1) is 0 Å². The number of carbonyl (C=O) groups is 1. The van der Waals surface area contributed by atoms with Gasteiger partial charge >= 0.3 is 0 Å². The fraction of sp³-hybridized carbons (Fsp3) is 0.750. The van der Waals surface area contributed by atoms with Crippen LogP contribution < -0.4 is 0 Å². The van der Waals surface area contributed by atoms with Gasteiger partial charge in [-0.2, -0.15) is 0 Å². The maximum atomic E-state index is 13.2. The Morgan fingerprint density at radius 1 is 1.39 bits per heavy atom. The maximum Gasteiger partial charge on any atom is 0.251 e. The lowest BCUT2D eigenvalue weighted by atomic mass is 9.95. The molecule has 3 heterocycles. The molecule has 2 aliphatic heterocycles. The minimum absolute atomic E-state index is 0.0292. The average molecular weight is 327 g/mol. The lowest BCUT2D eigenvalue weighted by Crippen LogP contribution is -2.48. The third-order valence-corrected chi connectivity index (χ3v) is 4.72. The summed E-state index contributed by atoms with van der Waals surface area (Å²) in [6.45, 7) is 4.45. The van der Waals surface area contributed by atoms with E-state index in [4.69, 9.17) is 4.52 Å². The van der Waals surface area contributed by atoms with Crippen molar-refractivity contribution in [2.75, 3.05) is 26.2 Å². The molecule has 0 aliphatic carbocycles. The lowest BCUT2D eigenvalue weighted by molar-refractivity contribution is -0.143. The summed E-state index contributed by atoms with van der Waals surface area (Å²) in [5, 5.41) is 3.99. The van der Waals surface area contributed by atoms with E-state index in [9.17, 15) is 13.6 Å². The van der Waals surface area contributed by atoms with Gasteiger partial charge in [0.15, 0.2) is 0 Å². The molecule has 1 atom stereocenters. The Hall–Kier alpha value is -1.50. The van der Waals surface area contributed by atoms with Crippen molar-refractivity contribution in [1.29, 1.82) is 0 Å². The topological polar surface area (TPSA) is 49.6 Å². The Morgan fingerprint density at radius 3 is 2.78 bits per heavy atom. The van der Waals surface area contributed by atoms with Crippen molar-refractivity contribution >= 4 is 5.91 Å². The van der Waals surface area contributed by atoms with Crippen molar-refractivity contribution in [3.05, 3.63) is 17.5 Å². The minimum atomic E-state index is -2.61. The van der Waals surface area contributed by atoms with Gasteiger partial charge in [-0.05, 0) is 26.3 Å². The number of nitrogens with zero attached hydrogens (tertiary/aromatic N) is 3. The molecule has 0 radical (unpaired) electrons. The van der Waals surface area contributed by atoms with Crippen molar-refractivity contribution in [3.63, 3.8) is 0 Å². The van der Waals surface area contributed by atoms with E-state index in [0.29, 0.717) is 13.1 Å². The highest BCUT2D eigenvalue weighted by atomic mass is 19.3. The number of rotatable bonds is 3. The summed E-state index contributed by atoms with van der Waals surface area (Å²) in [7, 11) is 0. The standard InChI is InChI=1S/C16H23F2N3O2/c1-12-9-14(19-23-12)11-20-6-2-3-13(10-20)15(22)21-7-4-16(17,18)5-8-21/h9,13H,2-8,10-11H2,1H3. The second-order valence-electron chi connectivity index (χ2n) is 6.68. The Bertz CT molecular complexity index is 551. The van der Waals surface area contributed by atoms with Crippen LogP contribution in [0.4, 0.5) is 8.78 Å². The second-order valence-corrected chi connectivity index (χ2v) is 6.68. The van der Waals surface area contributed by atoms with Crippen molar-refractivity contribution in [2.45, 2.75) is 45.1 Å². The molecule has 3 rings (SSSR count). The van der Waals surface area contributed by atoms with E-state index < -0.39 is 5.92 Å². The molecule has 7 heteroatoms. The normalized spacial score (nSPS) is 25.5. The molecule has 0 aromatic carbocycles. The van der Waals surface area contributed by atoms with Crippen LogP contribution in [-0.2, 0) is 11.3 Å². The van der Waals surface area contributed by atoms with Gasteiger partial charge in [-0.25, -0.2) is 8.78 Å². The zero-order chi connectivity index (χ0) is 16.4. The van der Waals surface area contributed by atoms with Crippen LogP contribution in [0.15, 0.2) is 10.6 Å². The molecule has 0 bridgehead atoms. The van der Waals surface area contributed by atoms with E-state index >= 15 is 0 Å². The largest absolute Gasteiger partial charge is 0.361 e. The molecule has 2 aliphatic rings. The van der Waals surface area contributed by atoms with Crippen LogP contribution in [0.2, 0.25) is 0 Å². The van der Waals surface area contributed by atoms with Gasteiger partial charge in [0.05, 0.1) is 11.6 Å². The number of aromatic nitrogens is 1. The first-order valence-corrected chi connectivity index (χ1v) is 8.24. The number of halogens is 2. The molecule has 0 spiro atoms. The molecule has 1 aromatic rings. The van der Waals surface area contributed by atoms with Crippen LogP contribution in [0.3, 0.4) is 0 Å². The van der Waals surface area contributed by atoms with Crippen LogP contribution in [-0.4, -0.2) is 53.0 Å². The Balaban J connectivity index is 1.54. The van der Waals surface area contributed by atoms with Gasteiger partial charge in [0.25, 0.3) is 5.92 Å². The predicted molar refractivity (Wildman–Crippen MR) is 80.0 cm³/mol. The Labute approximate surface area is 134 Å². The first-order valence-electron chi connectivity index (χ1n) is 8.24. The summed E-state index contributed by atoms with van der Waals surface area (Å²) in [4.78, 5) is 16.4. The molecule has 2 fully saturated rings. The third-order valence-electron chi connectivity index (χ3n) is 4.72. The smallest absolute Gasteiger partial charge is 0.251 e. The van der Waals surface area contributed by atoms with E-state index in [-0.39, 0.29) is 37.8 Å². The van der Waals surface area contributed by atoms with Crippen LogP contribution >= 0.6 is 0 Å². The highest BCUT2D eigenvalue weighted by Gasteiger charge is 2.38. The molecule has 0 saturated carbocycles. The van der Waals surface area contributed by atoms with Gasteiger partial charge < -0.3 is 9.42 Å². The minimum Gasteiger partial charge on any atom is -0.361 e. The van der Waals surface area contributed by atoms with Crippen LogP contribution in [0.5, 0.6) is 0 Å². The van der Waals surface area contributed by atoms with Crippen molar-refractivity contribution in [2.24, 2.45) is 5.92 Å². The fourth-order valence-electron chi connectivity index (χ4n) is 3.43. The number of hydrogen-bond donors (Lipinski definition) is 0. The summed E-state index contributed by atoms with van der Waals surface area (Å²) >= 11 is 0. The van der Waals surface area contributed by atoms with E-state index in [1.54, 1.807) is 4.90 Å². The van der Waals surface area contributed by atoms with Gasteiger partial charge in [0.1, 0.15) is 5.76 Å². The third kappa shape index (κ3) is 4.07. The van der Waals surface area contributed by atoms with Crippen molar-refractivity contribution < 1.29 is 18.1 Å². The SMILES string of the molecule is Cc1cc(CN2CCCC(C(=O)N3CCC(F)(F)CC3)C2)no1. The van der Waals surface area contributed by atoms with Gasteiger partial charge in [-0.1, -0.05) is 5.16 Å². The quantitative estimate of drug-likeness (QED) is 0.856. The van der Waals surface area contributed by atoms with E-state index in [0.717, 1.165) is 30.8 Å². The number of piperidine rings is 2.